The molecule has 0 spiro atoms. The number of rotatable bonds is 6. The molecular formula is C20H32N6O2. The molecule has 2 heterocycles. The van der Waals surface area contributed by atoms with Crippen LogP contribution >= 0.6 is 0 Å². The van der Waals surface area contributed by atoms with Crippen LogP contribution in [0.15, 0.2) is 23.2 Å². The molecular weight excluding hydrogens is 356 g/mol. The number of hydrogen-bond donors (Lipinski definition) is 2. The van der Waals surface area contributed by atoms with Gasteiger partial charge in [0.2, 0.25) is 5.96 Å². The lowest BCUT2D eigenvalue weighted by Crippen LogP contribution is -2.49. The average molecular weight is 389 g/mol. The van der Waals surface area contributed by atoms with Crippen LogP contribution in [0.1, 0.15) is 30.9 Å². The molecule has 0 unspecified atom stereocenters. The highest BCUT2D eigenvalue weighted by Crippen LogP contribution is 2.22. The number of piperazine rings is 1. The second-order valence-corrected chi connectivity index (χ2v) is 7.35. The Morgan fingerprint density at radius 1 is 1.25 bits per heavy atom. The zero-order chi connectivity index (χ0) is 19.9. The lowest BCUT2D eigenvalue weighted by Gasteiger charge is -2.34. The van der Waals surface area contributed by atoms with Crippen LogP contribution in [-0.2, 0) is 11.3 Å². The summed E-state index contributed by atoms with van der Waals surface area (Å²) in [5, 5.41) is 5.01. The fourth-order valence-corrected chi connectivity index (χ4v) is 3.56. The van der Waals surface area contributed by atoms with E-state index in [-0.39, 0.29) is 6.09 Å². The molecule has 2 aliphatic heterocycles. The predicted molar refractivity (Wildman–Crippen MR) is 111 cm³/mol. The van der Waals surface area contributed by atoms with Crippen molar-refractivity contribution in [1.82, 2.24) is 14.8 Å². The van der Waals surface area contributed by atoms with Gasteiger partial charge in [-0.3, -0.25) is 14.9 Å². The maximum absolute atomic E-state index is 11.7. The van der Waals surface area contributed by atoms with E-state index in [4.69, 9.17) is 10.6 Å². The van der Waals surface area contributed by atoms with Gasteiger partial charge in [0.05, 0.1) is 13.2 Å². The Morgan fingerprint density at radius 2 is 2.04 bits per heavy atom. The highest BCUT2D eigenvalue weighted by Gasteiger charge is 2.21. The number of amides is 1. The van der Waals surface area contributed by atoms with Gasteiger partial charge >= 0.3 is 6.09 Å². The van der Waals surface area contributed by atoms with Crippen LogP contribution in [0.5, 0.6) is 0 Å². The van der Waals surface area contributed by atoms with Crippen LogP contribution in [0.4, 0.5) is 10.5 Å². The first kappa shape index (κ1) is 20.4. The summed E-state index contributed by atoms with van der Waals surface area (Å²) in [4.78, 5) is 20.6. The van der Waals surface area contributed by atoms with Crippen molar-refractivity contribution < 1.29 is 9.53 Å². The van der Waals surface area contributed by atoms with Gasteiger partial charge in [-0.1, -0.05) is 17.7 Å². The molecule has 1 saturated heterocycles. The van der Waals surface area contributed by atoms with Crippen LogP contribution in [0.3, 0.4) is 0 Å². The number of aryl methyl sites for hydroxylation is 1. The number of hydrazine groups is 1. The summed E-state index contributed by atoms with van der Waals surface area (Å²) < 4.78 is 5.06. The zero-order valence-electron chi connectivity index (χ0n) is 17.0. The quantitative estimate of drug-likeness (QED) is 0.573. The standard InChI is InChI=1S/C20H32N6O2/c1-3-28-20(27)25-12-10-24(11-13-25)9-5-4-8-22-19-23-18-7-6-16(2)14-17(18)15-26(19)21/h6-7,14H,3-5,8-13,15,21H2,1-2H3,(H,22,23). The lowest BCUT2D eigenvalue weighted by molar-refractivity contribution is 0.0793. The molecule has 0 aromatic heterocycles. The first-order chi connectivity index (χ1) is 13.6. The molecule has 8 heteroatoms. The largest absolute Gasteiger partial charge is 0.450 e. The van der Waals surface area contributed by atoms with Crippen molar-refractivity contribution in [3.63, 3.8) is 0 Å². The molecule has 1 amide bonds. The Labute approximate surface area is 167 Å². The van der Waals surface area contributed by atoms with Gasteiger partial charge in [0.25, 0.3) is 0 Å². The molecule has 0 radical (unpaired) electrons. The van der Waals surface area contributed by atoms with Gasteiger partial charge in [0, 0.05) is 38.4 Å². The van der Waals surface area contributed by atoms with E-state index >= 15 is 0 Å². The third-order valence-corrected chi connectivity index (χ3v) is 5.16. The number of unbranched alkanes of at least 4 members (excludes halogenated alkanes) is 1. The number of aliphatic imine (C=N–C) groups is 1. The van der Waals surface area contributed by atoms with Crippen LogP contribution in [0.25, 0.3) is 0 Å². The Balaban J connectivity index is 1.36. The second kappa shape index (κ2) is 9.75. The van der Waals surface area contributed by atoms with Crippen molar-refractivity contribution in [3.05, 3.63) is 29.3 Å². The van der Waals surface area contributed by atoms with E-state index in [2.05, 4.69) is 40.3 Å². The first-order valence-corrected chi connectivity index (χ1v) is 10.1. The number of guanidine groups is 1. The van der Waals surface area contributed by atoms with Gasteiger partial charge in [0.15, 0.2) is 0 Å². The van der Waals surface area contributed by atoms with Crippen LogP contribution in [0, 0.1) is 6.92 Å². The maximum atomic E-state index is 11.7. The summed E-state index contributed by atoms with van der Waals surface area (Å²) in [6.07, 6.45) is 1.90. The van der Waals surface area contributed by atoms with Crippen molar-refractivity contribution in [1.29, 1.82) is 0 Å². The normalized spacial score (nSPS) is 18.8. The van der Waals surface area contributed by atoms with E-state index in [1.54, 1.807) is 9.91 Å². The molecule has 1 fully saturated rings. The molecule has 0 saturated carbocycles. The van der Waals surface area contributed by atoms with Gasteiger partial charge in [-0.2, -0.15) is 0 Å². The second-order valence-electron chi connectivity index (χ2n) is 7.35. The molecule has 3 rings (SSSR count). The Hall–Kier alpha value is -2.32. The fraction of sp³-hybridized carbons (Fsp3) is 0.600. The molecule has 28 heavy (non-hydrogen) atoms. The van der Waals surface area contributed by atoms with Gasteiger partial charge in [-0.25, -0.2) is 10.6 Å². The number of nitrogens with two attached hydrogens (primary N) is 1. The number of benzene rings is 1. The van der Waals surface area contributed by atoms with E-state index in [0.29, 0.717) is 13.2 Å². The number of carbonyl (C=O) groups is 1. The number of anilines is 1. The number of hydrogen-bond acceptors (Lipinski definition) is 5. The number of ether oxygens (including phenoxy) is 1. The minimum atomic E-state index is -0.193. The van der Waals surface area contributed by atoms with Gasteiger partial charge in [0.1, 0.15) is 0 Å². The molecule has 0 aliphatic carbocycles. The Morgan fingerprint density at radius 3 is 2.79 bits per heavy atom. The maximum Gasteiger partial charge on any atom is 0.409 e. The number of fused-ring (bicyclic) bond motifs is 1. The van der Waals surface area contributed by atoms with Crippen LogP contribution in [0.2, 0.25) is 0 Å². The average Bonchev–Trinajstić information content (AvgIpc) is 2.68. The molecule has 1 aromatic rings. The topological polar surface area (TPSA) is 86.4 Å². The van der Waals surface area contributed by atoms with Gasteiger partial charge in [-0.05, 0) is 44.9 Å². The van der Waals surface area contributed by atoms with Crippen molar-refractivity contribution >= 4 is 17.7 Å². The van der Waals surface area contributed by atoms with Crippen molar-refractivity contribution in [2.24, 2.45) is 10.8 Å². The van der Waals surface area contributed by atoms with Gasteiger partial charge in [-0.15, -0.1) is 0 Å². The minimum absolute atomic E-state index is 0.193. The summed E-state index contributed by atoms with van der Waals surface area (Å²) in [6, 6.07) is 6.33. The summed E-state index contributed by atoms with van der Waals surface area (Å²) in [7, 11) is 0. The third-order valence-electron chi connectivity index (χ3n) is 5.16. The van der Waals surface area contributed by atoms with E-state index in [1.165, 1.54) is 11.1 Å². The zero-order valence-corrected chi connectivity index (χ0v) is 17.0. The molecule has 154 valence electrons. The van der Waals surface area contributed by atoms with Crippen LogP contribution < -0.4 is 11.2 Å². The van der Waals surface area contributed by atoms with Crippen molar-refractivity contribution in [2.75, 3.05) is 51.2 Å². The summed E-state index contributed by atoms with van der Waals surface area (Å²) in [5.74, 6) is 6.86. The Kier molecular flexibility index (Phi) is 7.11. The molecule has 8 nitrogen and oxygen atoms in total. The van der Waals surface area contributed by atoms with Crippen molar-refractivity contribution in [3.8, 4) is 0 Å². The lowest BCUT2D eigenvalue weighted by atomic mass is 10.1. The molecule has 2 aliphatic rings. The summed E-state index contributed by atoms with van der Waals surface area (Å²) in [6.45, 7) is 10.1. The van der Waals surface area contributed by atoms with E-state index in [1.807, 2.05) is 6.92 Å². The third kappa shape index (κ3) is 5.36. The van der Waals surface area contributed by atoms with Gasteiger partial charge < -0.3 is 15.0 Å². The molecule has 0 bridgehead atoms. The highest BCUT2D eigenvalue weighted by atomic mass is 16.6. The minimum Gasteiger partial charge on any atom is -0.450 e. The van der Waals surface area contributed by atoms with E-state index in [0.717, 1.165) is 63.8 Å². The number of nitrogens with zero attached hydrogens (tertiary/aromatic N) is 4. The van der Waals surface area contributed by atoms with E-state index in [9.17, 15) is 4.79 Å². The number of nitrogens with one attached hydrogen (secondary N) is 1. The smallest absolute Gasteiger partial charge is 0.409 e. The molecule has 3 N–H and O–H groups in total. The highest BCUT2D eigenvalue weighted by molar-refractivity contribution is 5.95. The first-order valence-electron chi connectivity index (χ1n) is 10.1. The monoisotopic (exact) mass is 388 g/mol. The molecule has 1 aromatic carbocycles. The summed E-state index contributed by atoms with van der Waals surface area (Å²) >= 11 is 0. The van der Waals surface area contributed by atoms with E-state index < -0.39 is 0 Å². The predicted octanol–water partition coefficient (Wildman–Crippen LogP) is 2.01. The fourth-order valence-electron chi connectivity index (χ4n) is 3.56. The van der Waals surface area contributed by atoms with Crippen LogP contribution in [-0.4, -0.2) is 72.7 Å². The van der Waals surface area contributed by atoms with Crippen molar-refractivity contribution in [2.45, 2.75) is 33.2 Å². The Bertz CT molecular complexity index is 700. The number of carbonyl (C=O) groups excluding carboxylic acids is 1. The SMILES string of the molecule is CCOC(=O)N1CCN(CCCCN=C2Nc3ccc(C)cc3CN2N)CC1. The molecule has 0 atom stereocenters. The summed E-state index contributed by atoms with van der Waals surface area (Å²) in [5.41, 5.74) is 3.52.